The second kappa shape index (κ2) is 8.15. The molecule has 0 aromatic heterocycles. The number of carbonyl (C=O) groups is 2. The summed E-state index contributed by atoms with van der Waals surface area (Å²) >= 11 is 1.34. The summed E-state index contributed by atoms with van der Waals surface area (Å²) in [6.45, 7) is 6.77. The third kappa shape index (κ3) is 5.10. The first kappa shape index (κ1) is 17.5. The molecule has 23 heavy (non-hydrogen) atoms. The van der Waals surface area contributed by atoms with Crippen molar-refractivity contribution in [1.29, 1.82) is 0 Å². The SMILES string of the molecule is CCCCN=C1NC(=O)[C@@H](CC(=O)Nc2ccc(C)cc2C)S1. The van der Waals surface area contributed by atoms with Crippen LogP contribution >= 0.6 is 11.8 Å². The number of anilines is 1. The average Bonchev–Trinajstić information content (AvgIpc) is 2.82. The smallest absolute Gasteiger partial charge is 0.240 e. The summed E-state index contributed by atoms with van der Waals surface area (Å²) in [5.74, 6) is -0.291. The van der Waals surface area contributed by atoms with Crippen molar-refractivity contribution in [1.82, 2.24) is 5.32 Å². The number of rotatable bonds is 6. The Morgan fingerprint density at radius 1 is 1.39 bits per heavy atom. The van der Waals surface area contributed by atoms with E-state index in [1.807, 2.05) is 32.0 Å². The van der Waals surface area contributed by atoms with Crippen LogP contribution in [0.4, 0.5) is 5.69 Å². The summed E-state index contributed by atoms with van der Waals surface area (Å²) in [5, 5.41) is 5.86. The number of thioether (sulfide) groups is 1. The summed E-state index contributed by atoms with van der Waals surface area (Å²) < 4.78 is 0. The molecule has 0 bridgehead atoms. The zero-order valence-corrected chi connectivity index (χ0v) is 14.6. The van der Waals surface area contributed by atoms with Crippen LogP contribution in [0, 0.1) is 13.8 Å². The Hall–Kier alpha value is -1.82. The fraction of sp³-hybridized carbons (Fsp3) is 0.471. The molecule has 1 fully saturated rings. The molecule has 1 aliphatic heterocycles. The van der Waals surface area contributed by atoms with Crippen molar-refractivity contribution < 1.29 is 9.59 Å². The number of aryl methyl sites for hydroxylation is 2. The van der Waals surface area contributed by atoms with Crippen molar-refractivity contribution in [2.24, 2.45) is 4.99 Å². The fourth-order valence-electron chi connectivity index (χ4n) is 2.28. The van der Waals surface area contributed by atoms with Gasteiger partial charge in [-0.25, -0.2) is 0 Å². The zero-order chi connectivity index (χ0) is 16.8. The van der Waals surface area contributed by atoms with Crippen LogP contribution in [0.15, 0.2) is 23.2 Å². The molecular formula is C17H23N3O2S. The molecule has 1 aliphatic rings. The molecule has 0 aliphatic carbocycles. The van der Waals surface area contributed by atoms with Crippen LogP contribution in [0.3, 0.4) is 0 Å². The molecule has 0 unspecified atom stereocenters. The molecule has 1 saturated heterocycles. The number of carbonyl (C=O) groups excluding carboxylic acids is 2. The minimum absolute atomic E-state index is 0.138. The molecule has 0 spiro atoms. The van der Waals surface area contributed by atoms with Crippen LogP contribution < -0.4 is 10.6 Å². The number of unbranched alkanes of at least 4 members (excludes halogenated alkanes) is 1. The van der Waals surface area contributed by atoms with Crippen molar-refractivity contribution in [2.75, 3.05) is 11.9 Å². The lowest BCUT2D eigenvalue weighted by Crippen LogP contribution is -2.28. The van der Waals surface area contributed by atoms with Gasteiger partial charge in [0.2, 0.25) is 11.8 Å². The number of hydrogen-bond donors (Lipinski definition) is 2. The maximum atomic E-state index is 12.2. The van der Waals surface area contributed by atoms with Gasteiger partial charge in [-0.15, -0.1) is 0 Å². The van der Waals surface area contributed by atoms with Gasteiger partial charge in [0, 0.05) is 18.7 Å². The lowest BCUT2D eigenvalue weighted by molar-refractivity contribution is -0.122. The molecule has 1 heterocycles. The van der Waals surface area contributed by atoms with Gasteiger partial charge in [-0.3, -0.25) is 14.6 Å². The maximum Gasteiger partial charge on any atom is 0.240 e. The summed E-state index contributed by atoms with van der Waals surface area (Å²) in [6.07, 6.45) is 2.21. The van der Waals surface area contributed by atoms with Crippen LogP contribution in [0.1, 0.15) is 37.3 Å². The Balaban J connectivity index is 1.90. The van der Waals surface area contributed by atoms with Gasteiger partial charge in [0.15, 0.2) is 5.17 Å². The highest BCUT2D eigenvalue weighted by Crippen LogP contribution is 2.24. The van der Waals surface area contributed by atoms with E-state index in [1.54, 1.807) is 0 Å². The van der Waals surface area contributed by atoms with E-state index in [1.165, 1.54) is 11.8 Å². The molecule has 0 saturated carbocycles. The van der Waals surface area contributed by atoms with E-state index >= 15 is 0 Å². The van der Waals surface area contributed by atoms with E-state index in [9.17, 15) is 9.59 Å². The van der Waals surface area contributed by atoms with Gasteiger partial charge in [-0.2, -0.15) is 0 Å². The second-order valence-corrected chi connectivity index (χ2v) is 6.90. The van der Waals surface area contributed by atoms with Crippen molar-refractivity contribution in [3.05, 3.63) is 29.3 Å². The quantitative estimate of drug-likeness (QED) is 0.786. The molecule has 2 N–H and O–H groups in total. The average molecular weight is 333 g/mol. The highest BCUT2D eigenvalue weighted by Gasteiger charge is 2.31. The first-order valence-electron chi connectivity index (χ1n) is 7.88. The van der Waals surface area contributed by atoms with Gasteiger partial charge in [-0.05, 0) is 31.9 Å². The third-order valence-electron chi connectivity index (χ3n) is 3.57. The predicted molar refractivity (Wildman–Crippen MR) is 95.9 cm³/mol. The largest absolute Gasteiger partial charge is 0.326 e. The molecule has 2 rings (SSSR count). The van der Waals surface area contributed by atoms with Crippen molar-refractivity contribution >= 4 is 34.4 Å². The molecule has 1 aromatic rings. The normalized spacial score (nSPS) is 19.0. The van der Waals surface area contributed by atoms with Gasteiger partial charge in [0.1, 0.15) is 5.25 Å². The van der Waals surface area contributed by atoms with Gasteiger partial charge in [0.25, 0.3) is 0 Å². The summed E-state index contributed by atoms with van der Waals surface area (Å²) in [5.41, 5.74) is 2.96. The van der Waals surface area contributed by atoms with E-state index in [4.69, 9.17) is 0 Å². The Bertz CT molecular complexity index is 628. The summed E-state index contributed by atoms with van der Waals surface area (Å²) in [7, 11) is 0. The minimum Gasteiger partial charge on any atom is -0.326 e. The summed E-state index contributed by atoms with van der Waals surface area (Å²) in [6, 6.07) is 5.87. The first-order chi connectivity index (χ1) is 11.0. The van der Waals surface area contributed by atoms with Gasteiger partial charge in [-0.1, -0.05) is 42.8 Å². The van der Waals surface area contributed by atoms with Crippen LogP contribution in [0.5, 0.6) is 0 Å². The molecule has 1 aromatic carbocycles. The molecule has 1 atom stereocenters. The molecule has 0 radical (unpaired) electrons. The number of benzene rings is 1. The van der Waals surface area contributed by atoms with E-state index in [0.29, 0.717) is 11.7 Å². The second-order valence-electron chi connectivity index (χ2n) is 5.71. The summed E-state index contributed by atoms with van der Waals surface area (Å²) in [4.78, 5) is 28.4. The standard InChI is InChI=1S/C17H23N3O2S/c1-4-5-8-18-17-20-16(22)14(23-17)10-15(21)19-13-7-6-11(2)9-12(13)3/h6-7,9,14H,4-5,8,10H2,1-3H3,(H,19,21)(H,18,20,22)/t14-/m1/s1. The lowest BCUT2D eigenvalue weighted by Gasteiger charge is -2.10. The molecule has 2 amide bonds. The number of hydrogen-bond acceptors (Lipinski definition) is 4. The Labute approximate surface area is 141 Å². The number of nitrogens with one attached hydrogen (secondary N) is 2. The first-order valence-corrected chi connectivity index (χ1v) is 8.76. The monoisotopic (exact) mass is 333 g/mol. The van der Waals surface area contributed by atoms with E-state index in [0.717, 1.165) is 29.7 Å². The van der Waals surface area contributed by atoms with E-state index in [2.05, 4.69) is 22.5 Å². The highest BCUT2D eigenvalue weighted by atomic mass is 32.2. The highest BCUT2D eigenvalue weighted by molar-refractivity contribution is 8.15. The van der Waals surface area contributed by atoms with Crippen molar-refractivity contribution in [3.8, 4) is 0 Å². The molecule has 6 heteroatoms. The Morgan fingerprint density at radius 2 is 2.17 bits per heavy atom. The molecule has 124 valence electrons. The maximum absolute atomic E-state index is 12.2. The Morgan fingerprint density at radius 3 is 2.87 bits per heavy atom. The minimum atomic E-state index is -0.402. The predicted octanol–water partition coefficient (Wildman–Crippen LogP) is 3.02. The van der Waals surface area contributed by atoms with Crippen LogP contribution in [-0.2, 0) is 9.59 Å². The topological polar surface area (TPSA) is 70.6 Å². The van der Waals surface area contributed by atoms with Crippen LogP contribution in [0.2, 0.25) is 0 Å². The fourth-order valence-corrected chi connectivity index (χ4v) is 3.27. The number of nitrogens with zero attached hydrogens (tertiary/aromatic N) is 1. The number of amidine groups is 1. The van der Waals surface area contributed by atoms with Crippen molar-refractivity contribution in [2.45, 2.75) is 45.3 Å². The van der Waals surface area contributed by atoms with Gasteiger partial charge >= 0.3 is 0 Å². The van der Waals surface area contributed by atoms with Crippen molar-refractivity contribution in [3.63, 3.8) is 0 Å². The van der Waals surface area contributed by atoms with Crippen LogP contribution in [-0.4, -0.2) is 28.8 Å². The van der Waals surface area contributed by atoms with Gasteiger partial charge < -0.3 is 10.6 Å². The number of aliphatic imine (C=N–C) groups is 1. The molecule has 5 nitrogen and oxygen atoms in total. The molecular weight excluding hydrogens is 310 g/mol. The van der Waals surface area contributed by atoms with E-state index < -0.39 is 5.25 Å². The van der Waals surface area contributed by atoms with Crippen LogP contribution in [0.25, 0.3) is 0 Å². The zero-order valence-electron chi connectivity index (χ0n) is 13.8. The Kier molecular flexibility index (Phi) is 6.21. The van der Waals surface area contributed by atoms with E-state index in [-0.39, 0.29) is 18.2 Å². The van der Waals surface area contributed by atoms with Gasteiger partial charge in [0.05, 0.1) is 0 Å². The lowest BCUT2D eigenvalue weighted by atomic mass is 10.1. The third-order valence-corrected chi connectivity index (χ3v) is 4.69. The number of amides is 2.